The molecule has 26 heavy (non-hydrogen) atoms. The van der Waals surface area contributed by atoms with Gasteiger partial charge in [0.05, 0.1) is 11.3 Å². The van der Waals surface area contributed by atoms with E-state index in [-0.39, 0.29) is 5.56 Å². The van der Waals surface area contributed by atoms with Crippen LogP contribution in [0.3, 0.4) is 0 Å². The minimum atomic E-state index is -0.00239. The first-order valence-corrected chi connectivity index (χ1v) is 9.42. The van der Waals surface area contributed by atoms with Crippen LogP contribution in [0.4, 0.5) is 0 Å². The summed E-state index contributed by atoms with van der Waals surface area (Å²) >= 11 is 1.58. The Bertz CT molecular complexity index is 1060. The van der Waals surface area contributed by atoms with Crippen molar-refractivity contribution in [2.24, 2.45) is 7.05 Å². The predicted molar refractivity (Wildman–Crippen MR) is 109 cm³/mol. The topological polar surface area (TPSA) is 31.2 Å². The van der Waals surface area contributed by atoms with Crippen molar-refractivity contribution in [1.82, 2.24) is 4.57 Å². The van der Waals surface area contributed by atoms with Crippen molar-refractivity contribution in [2.75, 3.05) is 12.4 Å². The van der Waals surface area contributed by atoms with Crippen molar-refractivity contribution < 1.29 is 4.74 Å². The van der Waals surface area contributed by atoms with Crippen LogP contribution >= 0.6 is 11.8 Å². The van der Waals surface area contributed by atoms with E-state index in [9.17, 15) is 4.79 Å². The van der Waals surface area contributed by atoms with Crippen LogP contribution in [0.2, 0.25) is 0 Å². The fourth-order valence-electron chi connectivity index (χ4n) is 2.69. The molecule has 0 amide bonds. The van der Waals surface area contributed by atoms with Crippen molar-refractivity contribution in [3.63, 3.8) is 0 Å². The van der Waals surface area contributed by atoms with Crippen LogP contribution in [0.5, 0.6) is 5.75 Å². The molecule has 0 fully saturated rings. The van der Waals surface area contributed by atoms with E-state index in [1.165, 1.54) is 5.56 Å². The summed E-state index contributed by atoms with van der Waals surface area (Å²) in [7, 11) is 1.80. The molecule has 3 nitrogen and oxygen atoms in total. The van der Waals surface area contributed by atoms with Crippen LogP contribution in [0.1, 0.15) is 11.1 Å². The fraction of sp³-hybridized carbons (Fsp3) is 0.227. The van der Waals surface area contributed by atoms with E-state index in [0.29, 0.717) is 12.4 Å². The van der Waals surface area contributed by atoms with Crippen molar-refractivity contribution >= 4 is 22.7 Å². The van der Waals surface area contributed by atoms with Gasteiger partial charge in [0, 0.05) is 23.4 Å². The van der Waals surface area contributed by atoms with Crippen LogP contribution in [-0.2, 0) is 7.05 Å². The van der Waals surface area contributed by atoms with E-state index in [2.05, 4.69) is 24.0 Å². The highest BCUT2D eigenvalue weighted by molar-refractivity contribution is 7.99. The lowest BCUT2D eigenvalue weighted by Crippen LogP contribution is -2.16. The van der Waals surface area contributed by atoms with Gasteiger partial charge in [-0.3, -0.25) is 4.79 Å². The number of hydrogen-bond donors (Lipinski definition) is 0. The second-order valence-corrected chi connectivity index (χ2v) is 7.14. The first-order chi connectivity index (χ1) is 12.6. The summed E-state index contributed by atoms with van der Waals surface area (Å²) in [5.41, 5.74) is 3.22. The quantitative estimate of drug-likeness (QED) is 0.511. The summed E-state index contributed by atoms with van der Waals surface area (Å²) in [6, 6.07) is 15.8. The standard InChI is InChI=1S/C22H21NO2S/c1-16-10-11-17(2)20(14-16)25-12-6-7-13-26-21-15-22(24)23(3)19-9-5-4-8-18(19)21/h4-5,8-11,14-15H,12-13H2,1-3H3. The Morgan fingerprint density at radius 1 is 1.08 bits per heavy atom. The molecule has 0 unspecified atom stereocenters. The molecule has 3 aromatic rings. The summed E-state index contributed by atoms with van der Waals surface area (Å²) in [4.78, 5) is 13.1. The zero-order chi connectivity index (χ0) is 18.5. The number of ether oxygens (including phenoxy) is 1. The van der Waals surface area contributed by atoms with Gasteiger partial charge < -0.3 is 9.30 Å². The Labute approximate surface area is 158 Å². The Balaban J connectivity index is 1.64. The third-order valence-corrected chi connectivity index (χ3v) is 5.12. The van der Waals surface area contributed by atoms with Crippen LogP contribution in [0.25, 0.3) is 10.9 Å². The fourth-order valence-corrected chi connectivity index (χ4v) is 3.53. The van der Waals surface area contributed by atoms with Gasteiger partial charge in [0.2, 0.25) is 0 Å². The molecule has 0 spiro atoms. The molecule has 0 bridgehead atoms. The van der Waals surface area contributed by atoms with Gasteiger partial charge in [0.15, 0.2) is 0 Å². The summed E-state index contributed by atoms with van der Waals surface area (Å²) in [6.45, 7) is 4.43. The molecule has 0 radical (unpaired) electrons. The van der Waals surface area contributed by atoms with E-state index < -0.39 is 0 Å². The normalized spacial score (nSPS) is 10.4. The average molecular weight is 363 g/mol. The zero-order valence-electron chi connectivity index (χ0n) is 15.2. The van der Waals surface area contributed by atoms with Crippen molar-refractivity contribution in [3.8, 4) is 17.6 Å². The van der Waals surface area contributed by atoms with E-state index in [0.717, 1.165) is 27.1 Å². The van der Waals surface area contributed by atoms with Crippen LogP contribution < -0.4 is 10.3 Å². The number of nitrogens with zero attached hydrogens (tertiary/aromatic N) is 1. The second-order valence-electron chi connectivity index (χ2n) is 6.12. The summed E-state index contributed by atoms with van der Waals surface area (Å²) in [5, 5.41) is 1.08. The third-order valence-electron chi connectivity index (χ3n) is 4.18. The maximum Gasteiger partial charge on any atom is 0.251 e. The molecule has 0 aliphatic rings. The summed E-state index contributed by atoms with van der Waals surface area (Å²) in [5.74, 6) is 7.66. The lowest BCUT2D eigenvalue weighted by Gasteiger charge is -2.08. The minimum absolute atomic E-state index is 0.00239. The molecule has 0 saturated heterocycles. The van der Waals surface area contributed by atoms with Crippen LogP contribution in [-0.4, -0.2) is 16.9 Å². The van der Waals surface area contributed by atoms with E-state index >= 15 is 0 Å². The Kier molecular flexibility index (Phi) is 5.70. The largest absolute Gasteiger partial charge is 0.481 e. The molecule has 0 N–H and O–H groups in total. The van der Waals surface area contributed by atoms with Gasteiger partial charge in [-0.1, -0.05) is 42.2 Å². The number of hydrogen-bond acceptors (Lipinski definition) is 3. The first-order valence-electron chi connectivity index (χ1n) is 8.43. The molecule has 0 saturated carbocycles. The van der Waals surface area contributed by atoms with Crippen LogP contribution in [0.15, 0.2) is 58.2 Å². The molecule has 0 atom stereocenters. The van der Waals surface area contributed by atoms with Gasteiger partial charge in [-0.2, -0.15) is 0 Å². The number of benzene rings is 2. The third kappa shape index (κ3) is 4.12. The number of aryl methyl sites for hydroxylation is 3. The van der Waals surface area contributed by atoms with Crippen molar-refractivity contribution in [1.29, 1.82) is 0 Å². The molecular formula is C22H21NO2S. The number of para-hydroxylation sites is 1. The molecule has 0 aliphatic heterocycles. The minimum Gasteiger partial charge on any atom is -0.481 e. The molecule has 2 aromatic carbocycles. The van der Waals surface area contributed by atoms with Gasteiger partial charge in [-0.05, 0) is 37.1 Å². The molecule has 3 rings (SSSR count). The van der Waals surface area contributed by atoms with Gasteiger partial charge in [-0.25, -0.2) is 0 Å². The lowest BCUT2D eigenvalue weighted by molar-refractivity contribution is 0.367. The second kappa shape index (κ2) is 8.16. The number of pyridine rings is 1. The molecule has 132 valence electrons. The number of rotatable bonds is 4. The smallest absolute Gasteiger partial charge is 0.251 e. The van der Waals surface area contributed by atoms with Crippen molar-refractivity contribution in [3.05, 3.63) is 70.0 Å². The van der Waals surface area contributed by atoms with Gasteiger partial charge >= 0.3 is 0 Å². The Hall–Kier alpha value is -2.64. The summed E-state index contributed by atoms with van der Waals surface area (Å²) in [6.07, 6.45) is 0. The number of aromatic nitrogens is 1. The van der Waals surface area contributed by atoms with E-state index in [1.54, 1.807) is 29.4 Å². The zero-order valence-corrected chi connectivity index (χ0v) is 16.0. The maximum atomic E-state index is 12.1. The Morgan fingerprint density at radius 2 is 1.88 bits per heavy atom. The molecule has 1 heterocycles. The average Bonchev–Trinajstić information content (AvgIpc) is 2.64. The van der Waals surface area contributed by atoms with Gasteiger partial charge in [-0.15, -0.1) is 11.8 Å². The molecule has 1 aromatic heterocycles. The van der Waals surface area contributed by atoms with E-state index in [1.807, 2.05) is 44.2 Å². The highest BCUT2D eigenvalue weighted by Crippen LogP contribution is 2.25. The first kappa shape index (κ1) is 18.2. The number of fused-ring (bicyclic) bond motifs is 1. The van der Waals surface area contributed by atoms with E-state index in [4.69, 9.17) is 4.74 Å². The van der Waals surface area contributed by atoms with Crippen LogP contribution in [0, 0.1) is 25.7 Å². The number of thioether (sulfide) groups is 1. The van der Waals surface area contributed by atoms with Gasteiger partial charge in [0.25, 0.3) is 5.56 Å². The van der Waals surface area contributed by atoms with Gasteiger partial charge in [0.1, 0.15) is 12.4 Å². The predicted octanol–water partition coefficient (Wildman–Crippen LogP) is 4.33. The lowest BCUT2D eigenvalue weighted by atomic mass is 10.1. The summed E-state index contributed by atoms with van der Waals surface area (Å²) < 4.78 is 7.41. The maximum absolute atomic E-state index is 12.1. The monoisotopic (exact) mass is 363 g/mol. The highest BCUT2D eigenvalue weighted by atomic mass is 32.2. The van der Waals surface area contributed by atoms with Crippen molar-refractivity contribution in [2.45, 2.75) is 18.7 Å². The molecule has 0 aliphatic carbocycles. The highest BCUT2D eigenvalue weighted by Gasteiger charge is 2.05. The SMILES string of the molecule is Cc1ccc(C)c(OCC#CCSc2cc(=O)n(C)c3ccccc23)c1. The molecular weight excluding hydrogens is 342 g/mol. The Morgan fingerprint density at radius 3 is 2.73 bits per heavy atom. The molecule has 4 heteroatoms.